The maximum absolute atomic E-state index is 11.0. The van der Waals surface area contributed by atoms with Crippen LogP contribution in [0.1, 0.15) is 36.7 Å². The SMILES string of the molecule is CCCO[C@H]1c2c(cc3ccc4cccc5ccc2c3c45)[C@@H](O)[C@H](OC)[C@H]1O. The van der Waals surface area contributed by atoms with E-state index in [1.54, 1.807) is 0 Å². The summed E-state index contributed by atoms with van der Waals surface area (Å²) in [7, 11) is 1.52. The van der Waals surface area contributed by atoms with E-state index < -0.39 is 24.4 Å². The quantitative estimate of drug-likeness (QED) is 0.516. The minimum atomic E-state index is -0.933. The average molecular weight is 376 g/mol. The van der Waals surface area contributed by atoms with Gasteiger partial charge in [0, 0.05) is 13.7 Å². The van der Waals surface area contributed by atoms with E-state index in [0.717, 1.165) is 33.7 Å². The van der Waals surface area contributed by atoms with Crippen LogP contribution in [0.4, 0.5) is 0 Å². The van der Waals surface area contributed by atoms with Gasteiger partial charge in [0.1, 0.15) is 24.4 Å². The van der Waals surface area contributed by atoms with Crippen LogP contribution < -0.4 is 0 Å². The van der Waals surface area contributed by atoms with E-state index in [1.165, 1.54) is 23.3 Å². The van der Waals surface area contributed by atoms with Crippen LogP contribution in [-0.4, -0.2) is 36.1 Å². The van der Waals surface area contributed by atoms with Gasteiger partial charge in [0.15, 0.2) is 0 Å². The van der Waals surface area contributed by atoms with Crippen molar-refractivity contribution in [3.05, 3.63) is 59.7 Å². The Bertz CT molecular complexity index is 1140. The molecule has 2 N–H and O–H groups in total. The molecule has 0 saturated carbocycles. The Morgan fingerprint density at radius 1 is 0.929 bits per heavy atom. The zero-order valence-corrected chi connectivity index (χ0v) is 16.1. The third-order valence-electron chi connectivity index (χ3n) is 6.06. The van der Waals surface area contributed by atoms with E-state index in [0.29, 0.717) is 6.61 Å². The van der Waals surface area contributed by atoms with Gasteiger partial charge in [-0.05, 0) is 55.9 Å². The molecule has 144 valence electrons. The minimum absolute atomic E-state index is 0.534. The lowest BCUT2D eigenvalue weighted by Gasteiger charge is -2.39. The Labute approximate surface area is 163 Å². The van der Waals surface area contributed by atoms with Crippen LogP contribution in [0.25, 0.3) is 32.3 Å². The second-order valence-electron chi connectivity index (χ2n) is 7.66. The van der Waals surface area contributed by atoms with Gasteiger partial charge in [-0.2, -0.15) is 0 Å². The number of benzene rings is 4. The van der Waals surface area contributed by atoms with E-state index in [-0.39, 0.29) is 0 Å². The molecule has 0 heterocycles. The van der Waals surface area contributed by atoms with Crippen LogP contribution in [0.2, 0.25) is 0 Å². The van der Waals surface area contributed by atoms with Crippen LogP contribution in [0.5, 0.6) is 0 Å². The normalized spacial score (nSPS) is 25.0. The maximum atomic E-state index is 11.0. The van der Waals surface area contributed by atoms with E-state index in [4.69, 9.17) is 9.47 Å². The van der Waals surface area contributed by atoms with Crippen LogP contribution in [0.3, 0.4) is 0 Å². The van der Waals surface area contributed by atoms with Crippen molar-refractivity contribution >= 4 is 32.3 Å². The van der Waals surface area contributed by atoms with Gasteiger partial charge in [0.05, 0.1) is 0 Å². The van der Waals surface area contributed by atoms with Gasteiger partial charge < -0.3 is 19.7 Å². The Kier molecular flexibility index (Phi) is 4.25. The lowest BCUT2D eigenvalue weighted by atomic mass is 9.78. The molecule has 0 saturated heterocycles. The van der Waals surface area contributed by atoms with Crippen molar-refractivity contribution in [2.24, 2.45) is 0 Å². The molecule has 1 aliphatic carbocycles. The fourth-order valence-electron chi connectivity index (χ4n) is 4.82. The summed E-state index contributed by atoms with van der Waals surface area (Å²) in [6.07, 6.45) is -2.24. The lowest BCUT2D eigenvalue weighted by molar-refractivity contribution is -0.150. The first-order chi connectivity index (χ1) is 13.7. The fourth-order valence-corrected chi connectivity index (χ4v) is 4.82. The molecule has 0 aromatic heterocycles. The minimum Gasteiger partial charge on any atom is -0.387 e. The molecule has 4 atom stereocenters. The number of fused-ring (bicyclic) bond motifs is 2. The Morgan fingerprint density at radius 3 is 2.36 bits per heavy atom. The molecule has 0 bridgehead atoms. The highest BCUT2D eigenvalue weighted by Crippen LogP contribution is 2.47. The second kappa shape index (κ2) is 6.68. The molecular formula is C24H24O4. The summed E-state index contributed by atoms with van der Waals surface area (Å²) in [5.41, 5.74) is 1.66. The molecule has 0 radical (unpaired) electrons. The lowest BCUT2D eigenvalue weighted by Crippen LogP contribution is -2.44. The van der Waals surface area contributed by atoms with Crippen LogP contribution in [-0.2, 0) is 9.47 Å². The summed E-state index contributed by atoms with van der Waals surface area (Å²) in [5.74, 6) is 0. The predicted octanol–water partition coefficient (Wildman–Crippen LogP) is 4.47. The molecular weight excluding hydrogens is 352 g/mol. The van der Waals surface area contributed by atoms with Gasteiger partial charge in [0.2, 0.25) is 0 Å². The van der Waals surface area contributed by atoms with Crippen molar-refractivity contribution in [2.75, 3.05) is 13.7 Å². The highest BCUT2D eigenvalue weighted by atomic mass is 16.5. The summed E-state index contributed by atoms with van der Waals surface area (Å²) in [4.78, 5) is 0. The maximum Gasteiger partial charge on any atom is 0.116 e. The molecule has 0 spiro atoms. The highest BCUT2D eigenvalue weighted by molar-refractivity contribution is 6.23. The molecule has 4 heteroatoms. The average Bonchev–Trinajstić information content (AvgIpc) is 2.72. The number of methoxy groups -OCH3 is 1. The van der Waals surface area contributed by atoms with Crippen molar-refractivity contribution in [3.63, 3.8) is 0 Å². The third-order valence-corrected chi connectivity index (χ3v) is 6.06. The summed E-state index contributed by atoms with van der Waals surface area (Å²) in [6, 6.07) is 16.8. The smallest absolute Gasteiger partial charge is 0.116 e. The highest BCUT2D eigenvalue weighted by Gasteiger charge is 2.43. The first-order valence-electron chi connectivity index (χ1n) is 9.86. The number of ether oxygens (including phenoxy) is 2. The van der Waals surface area contributed by atoms with Gasteiger partial charge in [0.25, 0.3) is 0 Å². The number of hydrogen-bond donors (Lipinski definition) is 2. The van der Waals surface area contributed by atoms with E-state index >= 15 is 0 Å². The topological polar surface area (TPSA) is 58.9 Å². The Morgan fingerprint density at radius 2 is 1.64 bits per heavy atom. The van der Waals surface area contributed by atoms with Crippen molar-refractivity contribution < 1.29 is 19.7 Å². The fraction of sp³-hybridized carbons (Fsp3) is 0.333. The van der Waals surface area contributed by atoms with Crippen LogP contribution >= 0.6 is 0 Å². The van der Waals surface area contributed by atoms with Crippen molar-refractivity contribution in [1.82, 2.24) is 0 Å². The molecule has 4 aromatic rings. The van der Waals surface area contributed by atoms with Crippen molar-refractivity contribution in [3.8, 4) is 0 Å². The van der Waals surface area contributed by atoms with Gasteiger partial charge in [-0.25, -0.2) is 0 Å². The van der Waals surface area contributed by atoms with Gasteiger partial charge >= 0.3 is 0 Å². The van der Waals surface area contributed by atoms with Gasteiger partial charge in [-0.1, -0.05) is 49.4 Å². The second-order valence-corrected chi connectivity index (χ2v) is 7.66. The largest absolute Gasteiger partial charge is 0.387 e. The van der Waals surface area contributed by atoms with Crippen LogP contribution in [0, 0.1) is 0 Å². The molecule has 5 rings (SSSR count). The third kappa shape index (κ3) is 2.39. The standard InChI is InChI=1S/C24H24O4/c1-3-11-28-23-20-16-10-9-14-6-4-5-13-7-8-15(19(16)18(13)14)12-17(20)21(25)24(27-2)22(23)26/h4-10,12,21-26H,3,11H2,1-2H3/t21-,22+,23+,24+/m1/s1. The molecule has 28 heavy (non-hydrogen) atoms. The van der Waals surface area contributed by atoms with Crippen molar-refractivity contribution in [2.45, 2.75) is 37.8 Å². The first-order valence-corrected chi connectivity index (χ1v) is 9.86. The van der Waals surface area contributed by atoms with Crippen LogP contribution in [0.15, 0.2) is 48.5 Å². The Balaban J connectivity index is 1.88. The molecule has 1 aliphatic rings. The number of aliphatic hydroxyl groups is 2. The molecule has 0 fully saturated rings. The first kappa shape index (κ1) is 17.8. The predicted molar refractivity (Wildman–Crippen MR) is 111 cm³/mol. The summed E-state index contributed by atoms with van der Waals surface area (Å²) < 4.78 is 11.6. The van der Waals surface area contributed by atoms with Gasteiger partial charge in [-0.15, -0.1) is 0 Å². The van der Waals surface area contributed by atoms with Gasteiger partial charge in [-0.3, -0.25) is 0 Å². The number of hydrogen-bond acceptors (Lipinski definition) is 4. The molecule has 4 aromatic carbocycles. The molecule has 0 amide bonds. The summed E-state index contributed by atoms with van der Waals surface area (Å²) >= 11 is 0. The Hall–Kier alpha value is -2.24. The van der Waals surface area contributed by atoms with E-state index in [1.807, 2.05) is 13.0 Å². The molecule has 0 aliphatic heterocycles. The zero-order chi connectivity index (χ0) is 19.4. The number of aliphatic hydroxyl groups excluding tert-OH is 2. The van der Waals surface area contributed by atoms with E-state index in [2.05, 4.69) is 42.5 Å². The zero-order valence-electron chi connectivity index (χ0n) is 16.1. The summed E-state index contributed by atoms with van der Waals surface area (Å²) in [5, 5.41) is 28.8. The number of rotatable bonds is 4. The van der Waals surface area contributed by atoms with Crippen molar-refractivity contribution in [1.29, 1.82) is 0 Å². The monoisotopic (exact) mass is 376 g/mol. The summed E-state index contributed by atoms with van der Waals surface area (Å²) in [6.45, 7) is 2.58. The molecule has 4 nitrogen and oxygen atoms in total. The van der Waals surface area contributed by atoms with E-state index in [9.17, 15) is 10.2 Å². The molecule has 0 unspecified atom stereocenters.